The molecule has 0 radical (unpaired) electrons. The van der Waals surface area contributed by atoms with Crippen molar-refractivity contribution in [2.75, 3.05) is 20.3 Å². The first kappa shape index (κ1) is 13.2. The van der Waals surface area contributed by atoms with Crippen LogP contribution in [-0.4, -0.2) is 43.5 Å². The summed E-state index contributed by atoms with van der Waals surface area (Å²) in [6, 6.07) is 0.133. The fraction of sp³-hybridized carbons (Fsp3) is 0.727. The van der Waals surface area contributed by atoms with Crippen molar-refractivity contribution in [2.45, 2.75) is 31.4 Å². The van der Waals surface area contributed by atoms with E-state index in [4.69, 9.17) is 10.8 Å². The summed E-state index contributed by atoms with van der Waals surface area (Å²) >= 11 is 0. The maximum Gasteiger partial charge on any atom is 0.333 e. The summed E-state index contributed by atoms with van der Waals surface area (Å²) in [5.41, 5.74) is 6.40. The smallest absolute Gasteiger partial charge is 0.333 e. The molecule has 3 N–H and O–H groups in total. The van der Waals surface area contributed by atoms with Gasteiger partial charge in [0.15, 0.2) is 0 Å². The van der Waals surface area contributed by atoms with E-state index in [1.165, 1.54) is 7.11 Å². The van der Waals surface area contributed by atoms with Crippen LogP contribution in [0.2, 0.25) is 0 Å². The van der Waals surface area contributed by atoms with Crippen molar-refractivity contribution in [2.24, 2.45) is 5.73 Å². The molecule has 0 amide bonds. The van der Waals surface area contributed by atoms with Crippen LogP contribution >= 0.6 is 0 Å². The van der Waals surface area contributed by atoms with Gasteiger partial charge >= 0.3 is 5.97 Å². The molecular weight excluding hydrogens is 210 g/mol. The topological polar surface area (TPSA) is 85.1 Å². The lowest BCUT2D eigenvalue weighted by molar-refractivity contribution is -0.136. The van der Waals surface area contributed by atoms with E-state index < -0.39 is 0 Å². The second-order valence-electron chi connectivity index (χ2n) is 3.90. The molecule has 2 aliphatic rings. The van der Waals surface area contributed by atoms with Crippen LogP contribution in [0.4, 0.5) is 0 Å². The van der Waals surface area contributed by atoms with E-state index in [1.54, 1.807) is 0 Å². The minimum atomic E-state index is -0.236. The molecule has 0 aromatic carbocycles. The minimum absolute atomic E-state index is 0.133. The van der Waals surface area contributed by atoms with Crippen molar-refractivity contribution in [3.05, 3.63) is 11.6 Å². The highest BCUT2D eigenvalue weighted by atomic mass is 16.6. The molecule has 1 heterocycles. The van der Waals surface area contributed by atoms with Gasteiger partial charge in [0, 0.05) is 11.6 Å². The molecule has 2 unspecified atom stereocenters. The number of aliphatic hydroxyl groups is 1. The van der Waals surface area contributed by atoms with E-state index >= 15 is 0 Å². The van der Waals surface area contributed by atoms with Crippen LogP contribution in [0.15, 0.2) is 11.6 Å². The molecule has 1 aliphatic carbocycles. The minimum Gasteiger partial charge on any atom is -0.466 e. The number of hydrogen-bond donors (Lipinski definition) is 2. The molecule has 16 heavy (non-hydrogen) atoms. The Bertz CT molecular complexity index is 261. The largest absolute Gasteiger partial charge is 0.466 e. The molecule has 0 spiro atoms. The number of hydrogen-bond acceptors (Lipinski definition) is 5. The molecule has 0 saturated carbocycles. The van der Waals surface area contributed by atoms with Gasteiger partial charge in [-0.3, -0.25) is 0 Å². The number of carbonyl (C=O) groups is 1. The lowest BCUT2D eigenvalue weighted by Gasteiger charge is -2.16. The molecule has 92 valence electrons. The van der Waals surface area contributed by atoms with Gasteiger partial charge < -0.3 is 20.3 Å². The van der Waals surface area contributed by atoms with Crippen LogP contribution in [0.25, 0.3) is 0 Å². The van der Waals surface area contributed by atoms with Crippen molar-refractivity contribution in [3.63, 3.8) is 0 Å². The second kappa shape index (κ2) is 6.62. The highest BCUT2D eigenvalue weighted by molar-refractivity contribution is 5.88. The fourth-order valence-electron chi connectivity index (χ4n) is 1.41. The van der Waals surface area contributed by atoms with Gasteiger partial charge in [0.05, 0.1) is 20.3 Å². The molecule has 2 atom stereocenters. The lowest BCUT2D eigenvalue weighted by atomic mass is 9.96. The highest BCUT2D eigenvalue weighted by Crippen LogP contribution is 2.17. The zero-order chi connectivity index (χ0) is 12.0. The molecule has 1 fully saturated rings. The molecular formula is C11H19NO4. The number of nitrogens with two attached hydrogens (primary N) is 1. The average Bonchev–Trinajstić information content (AvgIpc) is 3.12. The van der Waals surface area contributed by atoms with Gasteiger partial charge in [-0.2, -0.15) is 0 Å². The molecule has 5 nitrogen and oxygen atoms in total. The van der Waals surface area contributed by atoms with E-state index in [9.17, 15) is 4.79 Å². The van der Waals surface area contributed by atoms with Crippen LogP contribution in [0.5, 0.6) is 0 Å². The fourth-order valence-corrected chi connectivity index (χ4v) is 1.41. The number of aliphatic hydroxyl groups excluding tert-OH is 1. The van der Waals surface area contributed by atoms with E-state index in [1.807, 2.05) is 6.08 Å². The van der Waals surface area contributed by atoms with Crippen LogP contribution in [0, 0.1) is 0 Å². The maximum absolute atomic E-state index is 11.0. The predicted molar refractivity (Wildman–Crippen MR) is 58.8 cm³/mol. The highest BCUT2D eigenvalue weighted by Gasteiger charge is 2.19. The first-order valence-electron chi connectivity index (χ1n) is 5.42. The van der Waals surface area contributed by atoms with Crippen molar-refractivity contribution in [1.29, 1.82) is 0 Å². The SMILES string of the molecule is COC(=O)C1=CCCC(N)C1.OCC1CO1. The molecule has 0 aromatic rings. The Labute approximate surface area is 95.2 Å². The summed E-state index contributed by atoms with van der Waals surface area (Å²) in [5.74, 6) is -0.236. The number of methoxy groups -OCH3 is 1. The molecule has 2 rings (SSSR count). The summed E-state index contributed by atoms with van der Waals surface area (Å²) in [6.45, 7) is 0.955. The Morgan fingerprint density at radius 3 is 2.81 bits per heavy atom. The van der Waals surface area contributed by atoms with Crippen molar-refractivity contribution in [3.8, 4) is 0 Å². The first-order valence-corrected chi connectivity index (χ1v) is 5.42. The van der Waals surface area contributed by atoms with Gasteiger partial charge in [0.1, 0.15) is 6.10 Å². The third-order valence-electron chi connectivity index (χ3n) is 2.46. The third kappa shape index (κ3) is 4.74. The Hall–Kier alpha value is -0.910. The molecule has 0 aromatic heterocycles. The number of esters is 1. The predicted octanol–water partition coefficient (Wildman–Crippen LogP) is -0.0255. The van der Waals surface area contributed by atoms with Crippen LogP contribution < -0.4 is 5.73 Å². The Morgan fingerprint density at radius 2 is 2.44 bits per heavy atom. The summed E-state index contributed by atoms with van der Waals surface area (Å²) in [6.07, 6.45) is 4.63. The van der Waals surface area contributed by atoms with Gasteiger partial charge in [-0.25, -0.2) is 4.79 Å². The first-order chi connectivity index (χ1) is 7.67. The van der Waals surface area contributed by atoms with E-state index in [0.29, 0.717) is 6.42 Å². The molecule has 1 aliphatic heterocycles. The number of rotatable bonds is 2. The Morgan fingerprint density at radius 1 is 1.75 bits per heavy atom. The standard InChI is InChI=1S/C8H13NO2.C3H6O2/c1-11-8(10)6-3-2-4-7(9)5-6;4-1-3-2-5-3/h3,7H,2,4-5,9H2,1H3;3-4H,1-2H2. The normalized spacial score (nSPS) is 27.3. The van der Waals surface area contributed by atoms with Gasteiger partial charge in [0.25, 0.3) is 0 Å². The quantitative estimate of drug-likeness (QED) is 0.513. The molecule has 1 saturated heterocycles. The van der Waals surface area contributed by atoms with E-state index in [2.05, 4.69) is 9.47 Å². The van der Waals surface area contributed by atoms with Gasteiger partial charge in [-0.1, -0.05) is 6.08 Å². The van der Waals surface area contributed by atoms with Crippen LogP contribution in [0.1, 0.15) is 19.3 Å². The van der Waals surface area contributed by atoms with Gasteiger partial charge in [-0.05, 0) is 19.3 Å². The molecule has 5 heteroatoms. The Balaban J connectivity index is 0.000000212. The summed E-state index contributed by atoms with van der Waals surface area (Å²) in [7, 11) is 1.39. The summed E-state index contributed by atoms with van der Waals surface area (Å²) in [4.78, 5) is 11.0. The number of ether oxygens (including phenoxy) is 2. The summed E-state index contributed by atoms with van der Waals surface area (Å²) in [5, 5.41) is 8.08. The van der Waals surface area contributed by atoms with E-state index in [-0.39, 0.29) is 24.7 Å². The third-order valence-corrected chi connectivity index (χ3v) is 2.46. The van der Waals surface area contributed by atoms with Gasteiger partial charge in [-0.15, -0.1) is 0 Å². The second-order valence-corrected chi connectivity index (χ2v) is 3.90. The number of epoxide rings is 1. The number of allylic oxidation sites excluding steroid dienone is 1. The van der Waals surface area contributed by atoms with Crippen molar-refractivity contribution in [1.82, 2.24) is 0 Å². The zero-order valence-corrected chi connectivity index (χ0v) is 9.52. The monoisotopic (exact) mass is 229 g/mol. The maximum atomic E-state index is 11.0. The lowest BCUT2D eigenvalue weighted by Crippen LogP contribution is -2.25. The summed E-state index contributed by atoms with van der Waals surface area (Å²) < 4.78 is 9.18. The van der Waals surface area contributed by atoms with Crippen LogP contribution in [0.3, 0.4) is 0 Å². The Kier molecular flexibility index (Phi) is 5.45. The van der Waals surface area contributed by atoms with Crippen molar-refractivity contribution < 1.29 is 19.4 Å². The zero-order valence-electron chi connectivity index (χ0n) is 9.52. The van der Waals surface area contributed by atoms with Gasteiger partial charge in [0.2, 0.25) is 0 Å². The molecule has 0 bridgehead atoms. The average molecular weight is 229 g/mol. The number of carbonyl (C=O) groups excluding carboxylic acids is 1. The van der Waals surface area contributed by atoms with Crippen LogP contribution in [-0.2, 0) is 14.3 Å². The van der Waals surface area contributed by atoms with Crippen molar-refractivity contribution >= 4 is 5.97 Å². The van der Waals surface area contributed by atoms with E-state index in [0.717, 1.165) is 25.0 Å².